The van der Waals surface area contributed by atoms with Crippen molar-refractivity contribution in [3.05, 3.63) is 53.6 Å². The van der Waals surface area contributed by atoms with Gasteiger partial charge in [-0.25, -0.2) is 0 Å². The van der Waals surface area contributed by atoms with Crippen LogP contribution in [0.2, 0.25) is 0 Å². The molecule has 2 aromatic rings. The van der Waals surface area contributed by atoms with Gasteiger partial charge in [0.2, 0.25) is 5.75 Å². The molecule has 146 valence electrons. The quantitative estimate of drug-likeness (QED) is 0.708. The minimum absolute atomic E-state index is 0.114. The van der Waals surface area contributed by atoms with Crippen molar-refractivity contribution in [2.24, 2.45) is 5.92 Å². The van der Waals surface area contributed by atoms with Crippen LogP contribution in [-0.4, -0.2) is 26.2 Å². The number of carbonyl (C=O) groups is 1. The molecule has 0 heterocycles. The predicted molar refractivity (Wildman–Crippen MR) is 107 cm³/mol. The molecule has 0 aliphatic rings. The van der Waals surface area contributed by atoms with Crippen LogP contribution in [0.1, 0.15) is 43.1 Å². The zero-order valence-electron chi connectivity index (χ0n) is 16.7. The van der Waals surface area contributed by atoms with Gasteiger partial charge in [-0.05, 0) is 30.0 Å². The molecule has 2 rings (SSSR count). The number of carbonyl (C=O) groups excluding carboxylic acids is 1. The fourth-order valence-electron chi connectivity index (χ4n) is 2.87. The first-order valence-electron chi connectivity index (χ1n) is 9.23. The topological polar surface area (TPSA) is 56.8 Å². The van der Waals surface area contributed by atoms with Crippen molar-refractivity contribution in [3.63, 3.8) is 0 Å². The van der Waals surface area contributed by atoms with Crippen LogP contribution in [0.15, 0.2) is 42.5 Å². The monoisotopic (exact) mass is 371 g/mol. The standard InChI is InChI=1S/C22H29NO4/c1-6-18(15(2)3)23-22(24)17-12-19(25-4)21(20(13-17)26-5)27-14-16-10-8-7-9-11-16/h7-13,15,18H,6,14H2,1-5H3,(H,23,24). The van der Waals surface area contributed by atoms with Crippen LogP contribution in [-0.2, 0) is 6.61 Å². The molecule has 1 unspecified atom stereocenters. The Morgan fingerprint density at radius 3 is 2.11 bits per heavy atom. The molecule has 2 aromatic carbocycles. The SMILES string of the molecule is CCC(NC(=O)c1cc(OC)c(OCc2ccccc2)c(OC)c1)C(C)C. The Hall–Kier alpha value is -2.69. The molecular formula is C22H29NO4. The van der Waals surface area contributed by atoms with E-state index in [9.17, 15) is 4.79 Å². The zero-order valence-corrected chi connectivity index (χ0v) is 16.7. The van der Waals surface area contributed by atoms with Crippen molar-refractivity contribution < 1.29 is 19.0 Å². The minimum Gasteiger partial charge on any atom is -0.493 e. The lowest BCUT2D eigenvalue weighted by Crippen LogP contribution is -2.38. The van der Waals surface area contributed by atoms with Crippen LogP contribution in [0.25, 0.3) is 0 Å². The molecule has 0 radical (unpaired) electrons. The highest BCUT2D eigenvalue weighted by Crippen LogP contribution is 2.39. The second-order valence-electron chi connectivity index (χ2n) is 6.72. The van der Waals surface area contributed by atoms with E-state index < -0.39 is 0 Å². The average Bonchev–Trinajstić information content (AvgIpc) is 2.69. The summed E-state index contributed by atoms with van der Waals surface area (Å²) in [7, 11) is 3.10. The van der Waals surface area contributed by atoms with E-state index in [4.69, 9.17) is 14.2 Å². The highest BCUT2D eigenvalue weighted by molar-refractivity contribution is 5.95. The van der Waals surface area contributed by atoms with Gasteiger partial charge in [-0.15, -0.1) is 0 Å². The van der Waals surface area contributed by atoms with Gasteiger partial charge in [-0.1, -0.05) is 51.1 Å². The first kappa shape index (κ1) is 20.6. The molecule has 5 nitrogen and oxygen atoms in total. The zero-order chi connectivity index (χ0) is 19.8. The van der Waals surface area contributed by atoms with Crippen LogP contribution in [0.4, 0.5) is 0 Å². The van der Waals surface area contributed by atoms with Gasteiger partial charge in [0, 0.05) is 11.6 Å². The molecule has 0 bridgehead atoms. The Balaban J connectivity index is 2.25. The Labute approximate surface area is 161 Å². The molecule has 1 atom stereocenters. The third-order valence-corrected chi connectivity index (χ3v) is 4.51. The Morgan fingerprint density at radius 1 is 1.04 bits per heavy atom. The number of nitrogens with one attached hydrogen (secondary N) is 1. The molecule has 5 heteroatoms. The average molecular weight is 371 g/mol. The van der Waals surface area contributed by atoms with Crippen LogP contribution in [0.5, 0.6) is 17.2 Å². The molecule has 0 saturated carbocycles. The lowest BCUT2D eigenvalue weighted by Gasteiger charge is -2.21. The molecule has 1 N–H and O–H groups in total. The smallest absolute Gasteiger partial charge is 0.251 e. The van der Waals surface area contributed by atoms with E-state index in [2.05, 4.69) is 26.1 Å². The normalized spacial score (nSPS) is 11.8. The van der Waals surface area contributed by atoms with Gasteiger partial charge in [0.15, 0.2) is 11.5 Å². The van der Waals surface area contributed by atoms with Gasteiger partial charge in [0.05, 0.1) is 14.2 Å². The molecule has 0 aliphatic heterocycles. The second-order valence-corrected chi connectivity index (χ2v) is 6.72. The molecule has 0 spiro atoms. The molecule has 0 aromatic heterocycles. The van der Waals surface area contributed by atoms with E-state index >= 15 is 0 Å². The maximum absolute atomic E-state index is 12.7. The lowest BCUT2D eigenvalue weighted by atomic mass is 10.0. The van der Waals surface area contributed by atoms with Crippen LogP contribution < -0.4 is 19.5 Å². The summed E-state index contributed by atoms with van der Waals surface area (Å²) in [6, 6.07) is 13.3. The van der Waals surface area contributed by atoms with E-state index in [1.165, 1.54) is 0 Å². The van der Waals surface area contributed by atoms with Crippen molar-refractivity contribution in [1.29, 1.82) is 0 Å². The van der Waals surface area contributed by atoms with Crippen LogP contribution in [0.3, 0.4) is 0 Å². The van der Waals surface area contributed by atoms with Gasteiger partial charge in [0.25, 0.3) is 5.91 Å². The third-order valence-electron chi connectivity index (χ3n) is 4.51. The summed E-state index contributed by atoms with van der Waals surface area (Å²) < 4.78 is 16.9. The number of hydrogen-bond donors (Lipinski definition) is 1. The van der Waals surface area contributed by atoms with Gasteiger partial charge in [-0.2, -0.15) is 0 Å². The highest BCUT2D eigenvalue weighted by Gasteiger charge is 2.20. The summed E-state index contributed by atoms with van der Waals surface area (Å²) in [5.41, 5.74) is 1.51. The maximum atomic E-state index is 12.7. The van der Waals surface area contributed by atoms with Gasteiger partial charge in [-0.3, -0.25) is 4.79 Å². The number of amides is 1. The van der Waals surface area contributed by atoms with Crippen LogP contribution >= 0.6 is 0 Å². The van der Waals surface area contributed by atoms with Crippen molar-refractivity contribution in [2.75, 3.05) is 14.2 Å². The summed E-state index contributed by atoms with van der Waals surface area (Å²) in [5.74, 6) is 1.62. The van der Waals surface area contributed by atoms with Crippen molar-refractivity contribution in [1.82, 2.24) is 5.32 Å². The molecule has 0 aliphatic carbocycles. The predicted octanol–water partition coefficient (Wildman–Crippen LogP) is 4.45. The summed E-state index contributed by atoms with van der Waals surface area (Å²) in [4.78, 5) is 12.7. The van der Waals surface area contributed by atoms with E-state index in [-0.39, 0.29) is 11.9 Å². The van der Waals surface area contributed by atoms with Crippen molar-refractivity contribution >= 4 is 5.91 Å². The molecule has 0 fully saturated rings. The first-order valence-corrected chi connectivity index (χ1v) is 9.23. The third kappa shape index (κ3) is 5.39. The Morgan fingerprint density at radius 2 is 1.63 bits per heavy atom. The Kier molecular flexibility index (Phi) is 7.53. The van der Waals surface area contributed by atoms with Crippen molar-refractivity contribution in [2.45, 2.75) is 39.8 Å². The Bertz CT molecular complexity index is 718. The van der Waals surface area contributed by atoms with Crippen molar-refractivity contribution in [3.8, 4) is 17.2 Å². The van der Waals surface area contributed by atoms with E-state index in [0.717, 1.165) is 12.0 Å². The van der Waals surface area contributed by atoms with Gasteiger partial charge < -0.3 is 19.5 Å². The minimum atomic E-state index is -0.151. The largest absolute Gasteiger partial charge is 0.493 e. The fourth-order valence-corrected chi connectivity index (χ4v) is 2.87. The number of rotatable bonds is 9. The molecule has 27 heavy (non-hydrogen) atoms. The lowest BCUT2D eigenvalue weighted by molar-refractivity contribution is 0.0923. The fraction of sp³-hybridized carbons (Fsp3) is 0.409. The number of ether oxygens (including phenoxy) is 3. The van der Waals surface area contributed by atoms with E-state index in [0.29, 0.717) is 35.3 Å². The maximum Gasteiger partial charge on any atom is 0.251 e. The summed E-state index contributed by atoms with van der Waals surface area (Å²) in [6.07, 6.45) is 0.871. The number of benzene rings is 2. The highest BCUT2D eigenvalue weighted by atomic mass is 16.5. The van der Waals surface area contributed by atoms with Gasteiger partial charge in [0.1, 0.15) is 6.61 Å². The second kappa shape index (κ2) is 9.86. The van der Waals surface area contributed by atoms with E-state index in [1.54, 1.807) is 26.4 Å². The summed E-state index contributed by atoms with van der Waals surface area (Å²) >= 11 is 0. The van der Waals surface area contributed by atoms with Crippen LogP contribution in [0, 0.1) is 5.92 Å². The number of hydrogen-bond acceptors (Lipinski definition) is 4. The van der Waals surface area contributed by atoms with Gasteiger partial charge >= 0.3 is 0 Å². The molecular weight excluding hydrogens is 342 g/mol. The molecule has 1 amide bonds. The van der Waals surface area contributed by atoms with E-state index in [1.807, 2.05) is 30.3 Å². The summed E-state index contributed by atoms with van der Waals surface area (Å²) in [6.45, 7) is 6.63. The number of methoxy groups -OCH3 is 2. The first-order chi connectivity index (χ1) is 13.0. The molecule has 0 saturated heterocycles. The summed E-state index contributed by atoms with van der Waals surface area (Å²) in [5, 5.41) is 3.07.